The zero-order valence-corrected chi connectivity index (χ0v) is 11.1. The first-order valence-corrected chi connectivity index (χ1v) is 6.87. The average molecular weight is 258 g/mol. The van der Waals surface area contributed by atoms with E-state index in [0.717, 1.165) is 37.3 Å². The van der Waals surface area contributed by atoms with E-state index in [1.54, 1.807) is 6.07 Å². The van der Waals surface area contributed by atoms with Gasteiger partial charge < -0.3 is 0 Å². The van der Waals surface area contributed by atoms with Crippen LogP contribution < -0.4 is 0 Å². The molecule has 1 unspecified atom stereocenters. The van der Waals surface area contributed by atoms with E-state index in [1.165, 1.54) is 12.8 Å². The molecule has 1 fully saturated rings. The highest BCUT2D eigenvalue weighted by Crippen LogP contribution is 2.29. The summed E-state index contributed by atoms with van der Waals surface area (Å²) in [6, 6.07) is 3.94. The number of pyridine rings is 1. The van der Waals surface area contributed by atoms with Crippen molar-refractivity contribution in [2.75, 3.05) is 13.1 Å². The summed E-state index contributed by atoms with van der Waals surface area (Å²) < 4.78 is 1.96. The van der Waals surface area contributed by atoms with Gasteiger partial charge in [0.2, 0.25) is 0 Å². The first kappa shape index (κ1) is 12.3. The van der Waals surface area contributed by atoms with Crippen molar-refractivity contribution >= 4 is 11.9 Å². The molecule has 3 rings (SSSR count). The third-order valence-corrected chi connectivity index (χ3v) is 3.91. The van der Waals surface area contributed by atoms with Gasteiger partial charge in [0.15, 0.2) is 17.8 Å². The standard InChI is InChI=1S/C14H18N4O/c1-2-17-8-4-3-5-12(17)14-16-15-13-7-6-11(10-19)9-18(13)14/h6-7,9-10,12H,2-5,8H2,1H3. The number of carbonyl (C=O) groups is 1. The highest BCUT2D eigenvalue weighted by Gasteiger charge is 2.26. The predicted octanol–water partition coefficient (Wildman–Crippen LogP) is 2.09. The normalized spacial score (nSPS) is 20.8. The second kappa shape index (κ2) is 5.09. The summed E-state index contributed by atoms with van der Waals surface area (Å²) in [7, 11) is 0. The molecule has 2 aromatic rings. The van der Waals surface area contributed by atoms with Crippen LogP contribution in [0.3, 0.4) is 0 Å². The lowest BCUT2D eigenvalue weighted by molar-refractivity contribution is 0.112. The fraction of sp³-hybridized carbons (Fsp3) is 0.500. The third kappa shape index (κ3) is 2.14. The van der Waals surface area contributed by atoms with Gasteiger partial charge in [-0.15, -0.1) is 10.2 Å². The van der Waals surface area contributed by atoms with E-state index in [4.69, 9.17) is 0 Å². The zero-order valence-electron chi connectivity index (χ0n) is 11.1. The van der Waals surface area contributed by atoms with Crippen molar-refractivity contribution in [3.8, 4) is 0 Å². The van der Waals surface area contributed by atoms with Crippen molar-refractivity contribution in [2.45, 2.75) is 32.2 Å². The number of aldehydes is 1. The summed E-state index contributed by atoms with van der Waals surface area (Å²) in [5.74, 6) is 0.959. The number of likely N-dealkylation sites (tertiary alicyclic amines) is 1. The molecule has 0 N–H and O–H groups in total. The molecule has 1 saturated heterocycles. The topological polar surface area (TPSA) is 50.5 Å². The summed E-state index contributed by atoms with van der Waals surface area (Å²) in [5, 5.41) is 8.56. The molecule has 2 aromatic heterocycles. The second-order valence-electron chi connectivity index (χ2n) is 5.01. The van der Waals surface area contributed by atoms with Crippen LogP contribution in [0, 0.1) is 0 Å². The van der Waals surface area contributed by atoms with E-state index in [9.17, 15) is 4.79 Å². The lowest BCUT2D eigenvalue weighted by atomic mass is 10.0. The fourth-order valence-electron chi connectivity index (χ4n) is 2.88. The minimum absolute atomic E-state index is 0.315. The summed E-state index contributed by atoms with van der Waals surface area (Å²) >= 11 is 0. The molecule has 0 saturated carbocycles. The first-order valence-electron chi connectivity index (χ1n) is 6.87. The largest absolute Gasteiger partial charge is 0.298 e. The number of fused-ring (bicyclic) bond motifs is 1. The van der Waals surface area contributed by atoms with Gasteiger partial charge >= 0.3 is 0 Å². The molecular formula is C14H18N4O. The highest BCUT2D eigenvalue weighted by molar-refractivity contribution is 5.74. The van der Waals surface area contributed by atoms with Gasteiger partial charge in [0.25, 0.3) is 0 Å². The molecule has 19 heavy (non-hydrogen) atoms. The molecule has 0 aromatic carbocycles. The SMILES string of the molecule is CCN1CCCCC1c1nnc2ccc(C=O)cn12. The Balaban J connectivity index is 2.05. The van der Waals surface area contributed by atoms with E-state index in [2.05, 4.69) is 22.0 Å². The van der Waals surface area contributed by atoms with Gasteiger partial charge in [0, 0.05) is 11.8 Å². The van der Waals surface area contributed by atoms with Crippen molar-refractivity contribution in [2.24, 2.45) is 0 Å². The Hall–Kier alpha value is -1.75. The molecule has 5 heteroatoms. The molecule has 0 amide bonds. The lowest BCUT2D eigenvalue weighted by Gasteiger charge is -2.33. The first-order chi connectivity index (χ1) is 9.33. The Morgan fingerprint density at radius 1 is 1.37 bits per heavy atom. The van der Waals surface area contributed by atoms with Crippen LogP contribution in [0.15, 0.2) is 18.3 Å². The molecule has 5 nitrogen and oxygen atoms in total. The van der Waals surface area contributed by atoms with Gasteiger partial charge in [-0.3, -0.25) is 14.1 Å². The minimum atomic E-state index is 0.315. The van der Waals surface area contributed by atoms with Crippen molar-refractivity contribution in [3.63, 3.8) is 0 Å². The summed E-state index contributed by atoms with van der Waals surface area (Å²) in [6.07, 6.45) is 6.28. The Morgan fingerprint density at radius 3 is 3.05 bits per heavy atom. The van der Waals surface area contributed by atoms with Crippen molar-refractivity contribution in [3.05, 3.63) is 29.7 Å². The van der Waals surface area contributed by atoms with Crippen LogP contribution in [-0.4, -0.2) is 38.9 Å². The van der Waals surface area contributed by atoms with Crippen LogP contribution in [-0.2, 0) is 0 Å². The van der Waals surface area contributed by atoms with Crippen molar-refractivity contribution < 1.29 is 4.79 Å². The summed E-state index contributed by atoms with van der Waals surface area (Å²) in [6.45, 7) is 4.31. The number of hydrogen-bond donors (Lipinski definition) is 0. The van der Waals surface area contributed by atoms with Gasteiger partial charge in [-0.2, -0.15) is 0 Å². The van der Waals surface area contributed by atoms with E-state index < -0.39 is 0 Å². The summed E-state index contributed by atoms with van der Waals surface area (Å²) in [4.78, 5) is 13.4. The fourth-order valence-corrected chi connectivity index (χ4v) is 2.88. The monoisotopic (exact) mass is 258 g/mol. The minimum Gasteiger partial charge on any atom is -0.298 e. The maximum atomic E-state index is 10.9. The highest BCUT2D eigenvalue weighted by atomic mass is 16.1. The molecular weight excluding hydrogens is 240 g/mol. The van der Waals surface area contributed by atoms with Gasteiger partial charge in [-0.05, 0) is 38.1 Å². The quantitative estimate of drug-likeness (QED) is 0.791. The Labute approximate surface area is 112 Å². The van der Waals surface area contributed by atoms with Crippen LogP contribution in [0.25, 0.3) is 5.65 Å². The molecule has 3 heterocycles. The number of hydrogen-bond acceptors (Lipinski definition) is 4. The van der Waals surface area contributed by atoms with Gasteiger partial charge in [0.05, 0.1) is 6.04 Å². The third-order valence-electron chi connectivity index (χ3n) is 3.91. The van der Waals surface area contributed by atoms with Crippen molar-refractivity contribution in [1.29, 1.82) is 0 Å². The van der Waals surface area contributed by atoms with Crippen LogP contribution in [0.2, 0.25) is 0 Å². The maximum Gasteiger partial charge on any atom is 0.160 e. The van der Waals surface area contributed by atoms with Gasteiger partial charge in [0.1, 0.15) is 0 Å². The Morgan fingerprint density at radius 2 is 2.26 bits per heavy atom. The number of carbonyl (C=O) groups excluding carboxylic acids is 1. The number of rotatable bonds is 3. The van der Waals surface area contributed by atoms with Crippen LogP contribution in [0.1, 0.15) is 48.4 Å². The Kier molecular flexibility index (Phi) is 3.29. The number of nitrogens with zero attached hydrogens (tertiary/aromatic N) is 4. The van der Waals surface area contributed by atoms with Crippen LogP contribution >= 0.6 is 0 Å². The van der Waals surface area contributed by atoms with E-state index in [-0.39, 0.29) is 0 Å². The van der Waals surface area contributed by atoms with Crippen molar-refractivity contribution in [1.82, 2.24) is 19.5 Å². The number of aromatic nitrogens is 3. The lowest BCUT2D eigenvalue weighted by Crippen LogP contribution is -2.34. The van der Waals surface area contributed by atoms with E-state index in [1.807, 2.05) is 16.7 Å². The molecule has 0 aliphatic carbocycles. The van der Waals surface area contributed by atoms with Crippen LogP contribution in [0.4, 0.5) is 0 Å². The van der Waals surface area contributed by atoms with Gasteiger partial charge in [-0.1, -0.05) is 13.3 Å². The smallest absolute Gasteiger partial charge is 0.160 e. The van der Waals surface area contributed by atoms with Gasteiger partial charge in [-0.25, -0.2) is 0 Å². The Bertz CT molecular complexity index is 592. The summed E-state index contributed by atoms with van der Waals surface area (Å²) in [5.41, 5.74) is 1.47. The second-order valence-corrected chi connectivity index (χ2v) is 5.01. The molecule has 1 atom stereocenters. The molecule has 0 radical (unpaired) electrons. The molecule has 100 valence electrons. The molecule has 1 aliphatic rings. The maximum absolute atomic E-state index is 10.9. The molecule has 0 spiro atoms. The molecule has 0 bridgehead atoms. The zero-order chi connectivity index (χ0) is 13.2. The molecule has 1 aliphatic heterocycles. The number of piperidine rings is 1. The average Bonchev–Trinajstić information content (AvgIpc) is 2.89. The van der Waals surface area contributed by atoms with E-state index in [0.29, 0.717) is 11.6 Å². The van der Waals surface area contributed by atoms with Crippen LogP contribution in [0.5, 0.6) is 0 Å². The predicted molar refractivity (Wildman–Crippen MR) is 72.2 cm³/mol. The van der Waals surface area contributed by atoms with E-state index >= 15 is 0 Å².